The molecule has 0 atom stereocenters. The Morgan fingerprint density at radius 1 is 1.14 bits per heavy atom. The molecule has 29 heavy (non-hydrogen) atoms. The van der Waals surface area contributed by atoms with Crippen LogP contribution in [0, 0.1) is 20.8 Å². The van der Waals surface area contributed by atoms with Gasteiger partial charge in [0.25, 0.3) is 5.91 Å². The maximum Gasteiger partial charge on any atom is 0.259 e. The molecule has 4 rings (SSSR count). The van der Waals surface area contributed by atoms with Crippen LogP contribution in [0.3, 0.4) is 0 Å². The van der Waals surface area contributed by atoms with Crippen molar-refractivity contribution in [3.63, 3.8) is 0 Å². The zero-order chi connectivity index (χ0) is 20.5. The van der Waals surface area contributed by atoms with Gasteiger partial charge in [0.15, 0.2) is 0 Å². The maximum absolute atomic E-state index is 12.7. The molecule has 2 aromatic carbocycles. The highest BCUT2D eigenvalue weighted by Gasteiger charge is 2.16. The number of carbonyl (C=O) groups excluding carboxylic acids is 1. The highest BCUT2D eigenvalue weighted by Crippen LogP contribution is 2.24. The summed E-state index contributed by atoms with van der Waals surface area (Å²) in [6.07, 6.45) is 1.71. The van der Waals surface area contributed by atoms with Gasteiger partial charge in [0.2, 0.25) is 11.7 Å². The van der Waals surface area contributed by atoms with Crippen LogP contribution in [0.2, 0.25) is 5.02 Å². The molecule has 146 valence electrons. The van der Waals surface area contributed by atoms with E-state index in [0.717, 1.165) is 16.8 Å². The molecule has 0 aliphatic rings. The number of nitrogens with zero attached hydrogens (tertiary/aromatic N) is 4. The zero-order valence-corrected chi connectivity index (χ0v) is 16.9. The lowest BCUT2D eigenvalue weighted by molar-refractivity contribution is 0.102. The monoisotopic (exact) mass is 407 g/mol. The van der Waals surface area contributed by atoms with E-state index in [4.69, 9.17) is 16.1 Å². The molecule has 2 heterocycles. The molecule has 1 N–H and O–H groups in total. The molecule has 4 aromatic rings. The summed E-state index contributed by atoms with van der Waals surface area (Å²) in [5.41, 5.74) is 4.35. The van der Waals surface area contributed by atoms with Crippen LogP contribution in [0.5, 0.6) is 0 Å². The van der Waals surface area contributed by atoms with Gasteiger partial charge in [-0.1, -0.05) is 35.0 Å². The molecule has 0 bridgehead atoms. The number of hydrogen-bond acceptors (Lipinski definition) is 5. The molecule has 0 saturated carbocycles. The Morgan fingerprint density at radius 2 is 1.97 bits per heavy atom. The first-order chi connectivity index (χ1) is 13.9. The van der Waals surface area contributed by atoms with Crippen molar-refractivity contribution in [1.82, 2.24) is 19.9 Å². The first-order valence-corrected chi connectivity index (χ1v) is 9.33. The third-order valence-corrected chi connectivity index (χ3v) is 4.70. The van der Waals surface area contributed by atoms with Crippen LogP contribution in [0.4, 0.5) is 5.69 Å². The van der Waals surface area contributed by atoms with E-state index in [2.05, 4.69) is 20.6 Å². The lowest BCUT2D eigenvalue weighted by atomic mass is 10.1. The third-order valence-electron chi connectivity index (χ3n) is 4.47. The van der Waals surface area contributed by atoms with E-state index < -0.39 is 0 Å². The van der Waals surface area contributed by atoms with Gasteiger partial charge in [0.05, 0.1) is 16.9 Å². The molecule has 7 nitrogen and oxygen atoms in total. The van der Waals surface area contributed by atoms with Crippen LogP contribution in [0.25, 0.3) is 17.1 Å². The number of halogens is 1. The number of rotatable bonds is 4. The second-order valence-electron chi connectivity index (χ2n) is 6.68. The van der Waals surface area contributed by atoms with Crippen molar-refractivity contribution < 1.29 is 9.32 Å². The molecule has 2 aromatic heterocycles. The van der Waals surface area contributed by atoms with Crippen LogP contribution >= 0.6 is 11.6 Å². The largest absolute Gasteiger partial charge is 0.339 e. The Bertz CT molecular complexity index is 1210. The molecular formula is C21H18ClN5O2. The molecule has 0 spiro atoms. The first kappa shape index (κ1) is 18.9. The second-order valence-corrected chi connectivity index (χ2v) is 7.11. The molecule has 1 amide bonds. The van der Waals surface area contributed by atoms with Crippen LogP contribution < -0.4 is 5.32 Å². The Balaban J connectivity index is 1.66. The first-order valence-electron chi connectivity index (χ1n) is 8.95. The van der Waals surface area contributed by atoms with Crippen molar-refractivity contribution in [3.05, 3.63) is 76.4 Å². The average molecular weight is 408 g/mol. The molecular weight excluding hydrogens is 390 g/mol. The van der Waals surface area contributed by atoms with E-state index in [1.54, 1.807) is 49.0 Å². The van der Waals surface area contributed by atoms with Crippen LogP contribution in [0.15, 0.2) is 53.2 Å². The number of benzene rings is 2. The smallest absolute Gasteiger partial charge is 0.259 e. The summed E-state index contributed by atoms with van der Waals surface area (Å²) >= 11 is 5.99. The summed E-state index contributed by atoms with van der Waals surface area (Å²) < 4.78 is 6.76. The van der Waals surface area contributed by atoms with Gasteiger partial charge >= 0.3 is 0 Å². The normalized spacial score (nSPS) is 10.9. The highest BCUT2D eigenvalue weighted by atomic mass is 35.5. The lowest BCUT2D eigenvalue weighted by Crippen LogP contribution is -2.12. The van der Waals surface area contributed by atoms with E-state index in [-0.39, 0.29) is 5.91 Å². The van der Waals surface area contributed by atoms with E-state index >= 15 is 0 Å². The Labute approximate surface area is 172 Å². The molecule has 0 unspecified atom stereocenters. The average Bonchev–Trinajstić information content (AvgIpc) is 3.28. The van der Waals surface area contributed by atoms with Crippen LogP contribution in [-0.4, -0.2) is 25.8 Å². The van der Waals surface area contributed by atoms with Crippen LogP contribution in [0.1, 0.15) is 27.5 Å². The fraction of sp³-hybridized carbons (Fsp3) is 0.143. The fourth-order valence-electron chi connectivity index (χ4n) is 2.98. The summed E-state index contributed by atoms with van der Waals surface area (Å²) in [6.45, 7) is 5.52. The van der Waals surface area contributed by atoms with E-state index in [9.17, 15) is 4.79 Å². The van der Waals surface area contributed by atoms with Gasteiger partial charge in [0, 0.05) is 29.4 Å². The zero-order valence-electron chi connectivity index (χ0n) is 16.1. The van der Waals surface area contributed by atoms with Crippen molar-refractivity contribution >= 4 is 23.2 Å². The van der Waals surface area contributed by atoms with Crippen molar-refractivity contribution in [2.24, 2.45) is 0 Å². The van der Waals surface area contributed by atoms with Gasteiger partial charge in [0.1, 0.15) is 0 Å². The van der Waals surface area contributed by atoms with Gasteiger partial charge in [-0.3, -0.25) is 4.79 Å². The van der Waals surface area contributed by atoms with Gasteiger partial charge in [-0.2, -0.15) is 10.1 Å². The lowest BCUT2D eigenvalue weighted by Gasteiger charge is -2.07. The molecule has 0 radical (unpaired) electrons. The van der Waals surface area contributed by atoms with E-state index in [1.807, 2.05) is 25.1 Å². The van der Waals surface area contributed by atoms with Crippen LogP contribution in [-0.2, 0) is 0 Å². The van der Waals surface area contributed by atoms with Crippen molar-refractivity contribution in [2.75, 3.05) is 5.32 Å². The number of amides is 1. The number of anilines is 1. The Hall–Kier alpha value is -3.45. The quantitative estimate of drug-likeness (QED) is 0.527. The minimum absolute atomic E-state index is 0.251. The summed E-state index contributed by atoms with van der Waals surface area (Å²) in [6, 6.07) is 12.8. The standard InChI is InChI=1S/C21H18ClN5O2/c1-12-7-8-15(20-23-14(3)29-26-20)9-19(12)27-11-18(13(2)25-27)21(28)24-17-6-4-5-16(22)10-17/h4-11H,1-3H3,(H,24,28). The second kappa shape index (κ2) is 7.52. The number of carbonyl (C=O) groups is 1. The topological polar surface area (TPSA) is 85.8 Å². The number of nitrogens with one attached hydrogen (secondary N) is 1. The molecule has 8 heteroatoms. The molecule has 0 saturated heterocycles. The Morgan fingerprint density at radius 3 is 2.69 bits per heavy atom. The molecule has 0 fully saturated rings. The SMILES string of the molecule is Cc1nc(-c2ccc(C)c(-n3cc(C(=O)Nc4cccc(Cl)c4)c(C)n3)c2)no1. The summed E-state index contributed by atoms with van der Waals surface area (Å²) in [5.74, 6) is 0.752. The van der Waals surface area contributed by atoms with Crippen molar-refractivity contribution in [3.8, 4) is 17.1 Å². The maximum atomic E-state index is 12.7. The van der Waals surface area contributed by atoms with Gasteiger partial charge in [-0.25, -0.2) is 4.68 Å². The van der Waals surface area contributed by atoms with E-state index in [0.29, 0.717) is 33.7 Å². The molecule has 0 aliphatic heterocycles. The van der Waals surface area contributed by atoms with E-state index in [1.165, 1.54) is 0 Å². The fourth-order valence-corrected chi connectivity index (χ4v) is 3.17. The van der Waals surface area contributed by atoms with Gasteiger partial charge in [-0.05, 0) is 43.7 Å². The minimum Gasteiger partial charge on any atom is -0.339 e. The number of aryl methyl sites for hydroxylation is 3. The minimum atomic E-state index is -0.251. The summed E-state index contributed by atoms with van der Waals surface area (Å²) in [7, 11) is 0. The third kappa shape index (κ3) is 3.90. The summed E-state index contributed by atoms with van der Waals surface area (Å²) in [5, 5.41) is 11.9. The predicted molar refractivity (Wildman–Crippen MR) is 110 cm³/mol. The predicted octanol–water partition coefficient (Wildman–Crippen LogP) is 4.75. The van der Waals surface area contributed by atoms with Crippen molar-refractivity contribution in [1.29, 1.82) is 0 Å². The van der Waals surface area contributed by atoms with Gasteiger partial charge < -0.3 is 9.84 Å². The summed E-state index contributed by atoms with van der Waals surface area (Å²) in [4.78, 5) is 17.0. The van der Waals surface area contributed by atoms with Gasteiger partial charge in [-0.15, -0.1) is 0 Å². The van der Waals surface area contributed by atoms with Crippen molar-refractivity contribution in [2.45, 2.75) is 20.8 Å². The number of aromatic nitrogens is 4. The molecule has 0 aliphatic carbocycles. The Kier molecular flexibility index (Phi) is 4.90. The highest BCUT2D eigenvalue weighted by molar-refractivity contribution is 6.31. The number of hydrogen-bond donors (Lipinski definition) is 1.